The van der Waals surface area contributed by atoms with Crippen LogP contribution in [0.3, 0.4) is 0 Å². The maximum absolute atomic E-state index is 16.4. The topological polar surface area (TPSA) is 161 Å². The number of alkyl halides is 4. The van der Waals surface area contributed by atoms with Crippen molar-refractivity contribution in [3.8, 4) is 12.1 Å². The van der Waals surface area contributed by atoms with Crippen LogP contribution in [0.1, 0.15) is 91.7 Å². The minimum atomic E-state index is -3.36. The summed E-state index contributed by atoms with van der Waals surface area (Å²) in [7, 11) is 0. The van der Waals surface area contributed by atoms with Crippen LogP contribution in [0.15, 0.2) is 0 Å². The van der Waals surface area contributed by atoms with Gasteiger partial charge in [0.05, 0.1) is 6.42 Å². The number of rotatable bonds is 9. The van der Waals surface area contributed by atoms with Gasteiger partial charge in [0.15, 0.2) is 0 Å². The minimum absolute atomic E-state index is 0.0118. The van der Waals surface area contributed by atoms with E-state index in [1.165, 1.54) is 0 Å². The van der Waals surface area contributed by atoms with Crippen molar-refractivity contribution in [1.29, 1.82) is 10.5 Å². The van der Waals surface area contributed by atoms with Crippen molar-refractivity contribution in [2.75, 3.05) is 58.9 Å². The molecule has 0 amide bonds. The first-order valence-corrected chi connectivity index (χ1v) is 18.3. The van der Waals surface area contributed by atoms with Crippen molar-refractivity contribution in [3.63, 3.8) is 0 Å². The number of carboxylic acids is 2. The van der Waals surface area contributed by atoms with Crippen LogP contribution in [0, 0.1) is 40.4 Å². The molecular weight excluding hydrogens is 696 g/mol. The predicted molar refractivity (Wildman–Crippen MR) is 184 cm³/mol. The fraction of sp³-hybridized carbons (Fsp3) is 0.622. The van der Waals surface area contributed by atoms with Crippen LogP contribution in [-0.2, 0) is 27.9 Å². The lowest BCUT2D eigenvalue weighted by atomic mass is 9.75. The van der Waals surface area contributed by atoms with Crippen LogP contribution < -0.4 is 19.6 Å². The third kappa shape index (κ3) is 5.50. The van der Waals surface area contributed by atoms with Crippen molar-refractivity contribution < 1.29 is 37.4 Å². The van der Waals surface area contributed by atoms with Gasteiger partial charge in [-0.1, -0.05) is 0 Å². The number of aliphatic carboxylic acids is 2. The Labute approximate surface area is 303 Å². The second-order valence-corrected chi connectivity index (χ2v) is 15.8. The zero-order valence-electron chi connectivity index (χ0n) is 29.5. The summed E-state index contributed by atoms with van der Waals surface area (Å²) in [5.41, 5.74) is -0.506. The van der Waals surface area contributed by atoms with Crippen molar-refractivity contribution in [2.45, 2.75) is 88.6 Å². The molecule has 2 aromatic heterocycles. The first-order chi connectivity index (χ1) is 25.1. The highest BCUT2D eigenvalue weighted by Crippen LogP contribution is 2.60. The van der Waals surface area contributed by atoms with Gasteiger partial charge in [0.25, 0.3) is 11.8 Å². The lowest BCUT2D eigenvalue weighted by molar-refractivity contribution is -0.139. The van der Waals surface area contributed by atoms with E-state index >= 15 is 17.6 Å². The minimum Gasteiger partial charge on any atom is -0.481 e. The van der Waals surface area contributed by atoms with Gasteiger partial charge >= 0.3 is 11.9 Å². The van der Waals surface area contributed by atoms with Gasteiger partial charge in [-0.15, -0.1) is 0 Å². The molecule has 12 nitrogen and oxygen atoms in total. The Morgan fingerprint density at radius 1 is 0.792 bits per heavy atom. The maximum atomic E-state index is 16.4. The zero-order chi connectivity index (χ0) is 37.7. The van der Waals surface area contributed by atoms with Gasteiger partial charge in [-0.2, -0.15) is 10.5 Å². The highest BCUT2D eigenvalue weighted by atomic mass is 19.3. The van der Waals surface area contributed by atoms with Crippen molar-refractivity contribution >= 4 is 35.2 Å². The van der Waals surface area contributed by atoms with Crippen LogP contribution >= 0.6 is 0 Å². The highest BCUT2D eigenvalue weighted by molar-refractivity contribution is 5.75. The van der Waals surface area contributed by atoms with E-state index in [2.05, 4.69) is 0 Å². The molecule has 2 aliphatic carbocycles. The van der Waals surface area contributed by atoms with E-state index in [1.807, 2.05) is 33.8 Å². The van der Waals surface area contributed by atoms with Gasteiger partial charge in [-0.25, -0.2) is 27.5 Å². The Morgan fingerprint density at radius 3 is 2.02 bits per heavy atom. The molecule has 2 unspecified atom stereocenters. The number of anilines is 4. The largest absolute Gasteiger partial charge is 0.481 e. The van der Waals surface area contributed by atoms with E-state index < -0.39 is 54.5 Å². The van der Waals surface area contributed by atoms with Gasteiger partial charge in [0, 0.05) is 111 Å². The van der Waals surface area contributed by atoms with Crippen LogP contribution in [0.5, 0.6) is 0 Å². The first kappa shape index (κ1) is 35.2. The molecule has 0 bridgehead atoms. The number of hydrogen-bond acceptors (Lipinski definition) is 10. The van der Waals surface area contributed by atoms with Crippen LogP contribution in [-0.4, -0.2) is 83.5 Å². The van der Waals surface area contributed by atoms with Gasteiger partial charge in [0.1, 0.15) is 46.5 Å². The summed E-state index contributed by atoms with van der Waals surface area (Å²) in [6.45, 7) is 5.86. The van der Waals surface area contributed by atoms with E-state index in [1.54, 1.807) is 11.8 Å². The van der Waals surface area contributed by atoms with E-state index in [0.717, 1.165) is 6.42 Å². The summed E-state index contributed by atoms with van der Waals surface area (Å²) in [6, 6.07) is 3.54. The second kappa shape index (κ2) is 12.4. The summed E-state index contributed by atoms with van der Waals surface area (Å²) >= 11 is 0. The molecule has 280 valence electrons. The number of fused-ring (bicyclic) bond motifs is 2. The van der Waals surface area contributed by atoms with Gasteiger partial charge in [0.2, 0.25) is 0 Å². The quantitative estimate of drug-likeness (QED) is 0.326. The third-order valence-corrected chi connectivity index (χ3v) is 12.6. The summed E-state index contributed by atoms with van der Waals surface area (Å²) < 4.78 is 63.9. The second-order valence-electron chi connectivity index (χ2n) is 15.8. The number of nitrogens with zero attached hydrogens (tertiary/aromatic N) is 8. The summed E-state index contributed by atoms with van der Waals surface area (Å²) in [4.78, 5) is 39.8. The summed E-state index contributed by atoms with van der Waals surface area (Å²) in [5, 5.41) is 39.3. The molecule has 0 aromatic carbocycles. The smallest absolute Gasteiger partial charge is 0.303 e. The molecule has 4 fully saturated rings. The molecule has 53 heavy (non-hydrogen) atoms. The van der Waals surface area contributed by atoms with Gasteiger partial charge in [-0.05, 0) is 39.0 Å². The van der Waals surface area contributed by atoms with Crippen molar-refractivity contribution in [3.05, 3.63) is 33.4 Å². The molecule has 16 heteroatoms. The number of halogens is 4. The van der Waals surface area contributed by atoms with E-state index in [9.17, 15) is 30.3 Å². The zero-order valence-corrected chi connectivity index (χ0v) is 29.5. The molecule has 5 atom stereocenters. The molecule has 8 rings (SSSR count). The highest BCUT2D eigenvalue weighted by Gasteiger charge is 2.57. The number of hydrogen-bond donors (Lipinski definition) is 2. The molecule has 4 aliphatic heterocycles. The van der Waals surface area contributed by atoms with E-state index in [4.69, 9.17) is 9.97 Å². The number of carbonyl (C=O) groups is 2. The SMILES string of the molecule is C[C@H]1CCN1c1nc(N2CC(CC(=O)O)C2)c2c(c1C#N)C(F)(F)CC2C1CN(c2nc(N3CC[C@H](CC(=O)O)C3)c3c(c2C#N)C(F)(F)CC3)[C@H]1C. The number of pyridine rings is 2. The third-order valence-electron chi connectivity index (χ3n) is 12.6. The van der Waals surface area contributed by atoms with Crippen LogP contribution in [0.4, 0.5) is 40.8 Å². The lowest BCUT2D eigenvalue weighted by Gasteiger charge is -2.51. The number of aromatic nitrogens is 2. The van der Waals surface area contributed by atoms with Crippen LogP contribution in [0.2, 0.25) is 0 Å². The van der Waals surface area contributed by atoms with Crippen molar-refractivity contribution in [2.24, 2.45) is 17.8 Å². The molecule has 4 saturated heterocycles. The molecule has 2 N–H and O–H groups in total. The fourth-order valence-corrected chi connectivity index (χ4v) is 9.70. The fourth-order valence-electron chi connectivity index (χ4n) is 9.70. The van der Waals surface area contributed by atoms with E-state index in [0.29, 0.717) is 56.3 Å². The number of carboxylic acid groups (broad SMARTS) is 2. The average molecular weight is 737 g/mol. The molecule has 6 heterocycles. The first-order valence-electron chi connectivity index (χ1n) is 18.3. The lowest BCUT2D eigenvalue weighted by Crippen LogP contribution is -2.57. The van der Waals surface area contributed by atoms with Gasteiger partial charge in [-0.3, -0.25) is 9.59 Å². The predicted octanol–water partition coefficient (Wildman–Crippen LogP) is 5.17. The Morgan fingerprint density at radius 2 is 1.42 bits per heavy atom. The molecule has 2 aromatic rings. The van der Waals surface area contributed by atoms with Crippen LogP contribution in [0.25, 0.3) is 0 Å². The molecule has 0 saturated carbocycles. The average Bonchev–Trinajstić information content (AvgIpc) is 3.73. The molecule has 0 spiro atoms. The monoisotopic (exact) mass is 736 g/mol. The Hall–Kier alpha value is -4.86. The molecular formula is C37H40F4N8O4. The Bertz CT molecular complexity index is 1990. The molecule has 6 aliphatic rings. The summed E-state index contributed by atoms with van der Waals surface area (Å²) in [5.74, 6) is -9.15. The number of nitriles is 2. The molecule has 0 radical (unpaired) electrons. The summed E-state index contributed by atoms with van der Waals surface area (Å²) in [6.07, 6.45) is 0.221. The Balaban J connectivity index is 1.17. The van der Waals surface area contributed by atoms with E-state index in [-0.39, 0.29) is 83.1 Å². The Kier molecular flexibility index (Phi) is 8.20. The van der Waals surface area contributed by atoms with Gasteiger partial charge < -0.3 is 29.8 Å². The standard InChI is InChI=1S/C37H40F4N8O4/c1-18-4-8-48(18)33-25(13-43)31-29(35(45-33)47-15-21(16-47)10-28(52)53)23(11-37(31,40)41)26-17-49(19(26)2)34-24(12-42)30-22(3-6-36(30,38)39)32(44-34)46-7-5-20(14-46)9-27(50)51/h18-21,23,26H,3-11,14-17H2,1-2H3,(H,50,51)(H,52,53)/t18-,19-,20+,23?,26?/m0/s1. The maximum Gasteiger partial charge on any atom is 0.303 e. The van der Waals surface area contributed by atoms with Crippen molar-refractivity contribution in [1.82, 2.24) is 9.97 Å². The normalized spacial score (nSPS) is 28.0.